The third-order valence-corrected chi connectivity index (χ3v) is 5.10. The predicted octanol–water partition coefficient (Wildman–Crippen LogP) is 2.87. The Hall–Kier alpha value is -2.63. The van der Waals surface area contributed by atoms with E-state index >= 15 is 0 Å². The summed E-state index contributed by atoms with van der Waals surface area (Å²) in [5.74, 6) is 1.23. The van der Waals surface area contributed by atoms with Crippen molar-refractivity contribution < 1.29 is 4.79 Å². The van der Waals surface area contributed by atoms with Gasteiger partial charge in [0.05, 0.1) is 6.54 Å². The molecular weight excluding hydrogens is 338 g/mol. The van der Waals surface area contributed by atoms with E-state index in [1.807, 2.05) is 11.8 Å². The summed E-state index contributed by atoms with van der Waals surface area (Å²) in [5, 5.41) is 0. The largest absolute Gasteiger partial charge is 0.368 e. The van der Waals surface area contributed by atoms with Crippen LogP contribution in [-0.4, -0.2) is 40.4 Å². The number of rotatable bonds is 6. The van der Waals surface area contributed by atoms with Crippen LogP contribution in [0.1, 0.15) is 42.1 Å². The van der Waals surface area contributed by atoms with Crippen molar-refractivity contribution in [3.05, 3.63) is 46.6 Å². The van der Waals surface area contributed by atoms with Gasteiger partial charge in [-0.1, -0.05) is 43.2 Å². The monoisotopic (exact) mass is 367 g/mol. The maximum Gasteiger partial charge on any atom is 0.242 e. The molecule has 144 valence electrons. The van der Waals surface area contributed by atoms with Crippen molar-refractivity contribution in [3.63, 3.8) is 0 Å². The summed E-state index contributed by atoms with van der Waals surface area (Å²) >= 11 is 0. The van der Waals surface area contributed by atoms with Crippen LogP contribution in [-0.2, 0) is 17.8 Å². The second-order valence-electron chi connectivity index (χ2n) is 7.30. The second kappa shape index (κ2) is 8.37. The van der Waals surface area contributed by atoms with Crippen LogP contribution in [0.4, 0.5) is 11.8 Å². The molecule has 2 heterocycles. The molecule has 6 nitrogen and oxygen atoms in total. The number of nitrogens with two attached hydrogens (primary N) is 1. The Morgan fingerprint density at radius 1 is 1.11 bits per heavy atom. The molecule has 3 rings (SSSR count). The number of amides is 1. The summed E-state index contributed by atoms with van der Waals surface area (Å²) in [4.78, 5) is 25.5. The molecule has 1 amide bonds. The van der Waals surface area contributed by atoms with E-state index in [-0.39, 0.29) is 11.9 Å². The Kier molecular flexibility index (Phi) is 5.94. The van der Waals surface area contributed by atoms with Crippen molar-refractivity contribution >= 4 is 17.7 Å². The van der Waals surface area contributed by atoms with Gasteiger partial charge in [0.1, 0.15) is 5.82 Å². The molecule has 27 heavy (non-hydrogen) atoms. The van der Waals surface area contributed by atoms with Crippen LogP contribution in [0.25, 0.3) is 0 Å². The van der Waals surface area contributed by atoms with Gasteiger partial charge >= 0.3 is 0 Å². The van der Waals surface area contributed by atoms with Crippen molar-refractivity contribution in [1.82, 2.24) is 14.9 Å². The number of carbonyl (C=O) groups is 1. The lowest BCUT2D eigenvalue weighted by Gasteiger charge is -2.36. The molecule has 0 atom stereocenters. The first-order chi connectivity index (χ1) is 13.0. The normalized spacial score (nSPS) is 14.7. The van der Waals surface area contributed by atoms with Crippen LogP contribution in [0.15, 0.2) is 24.3 Å². The maximum atomic E-state index is 12.8. The first-order valence-corrected chi connectivity index (χ1v) is 9.69. The molecule has 2 N–H and O–H groups in total. The van der Waals surface area contributed by atoms with Gasteiger partial charge in [-0.05, 0) is 32.3 Å². The van der Waals surface area contributed by atoms with Gasteiger partial charge in [-0.25, -0.2) is 4.98 Å². The number of aromatic nitrogens is 2. The Labute approximate surface area is 161 Å². The Morgan fingerprint density at radius 2 is 1.85 bits per heavy atom. The van der Waals surface area contributed by atoms with Gasteiger partial charge in [0.2, 0.25) is 11.9 Å². The molecule has 1 aromatic carbocycles. The van der Waals surface area contributed by atoms with E-state index in [1.54, 1.807) is 0 Å². The molecule has 1 saturated heterocycles. The fourth-order valence-electron chi connectivity index (χ4n) is 3.48. The third-order valence-electron chi connectivity index (χ3n) is 5.10. The number of benzene rings is 1. The third kappa shape index (κ3) is 4.56. The van der Waals surface area contributed by atoms with Crippen molar-refractivity contribution in [2.24, 2.45) is 0 Å². The van der Waals surface area contributed by atoms with Gasteiger partial charge in [-0.3, -0.25) is 4.79 Å². The topological polar surface area (TPSA) is 75.3 Å². The van der Waals surface area contributed by atoms with Crippen molar-refractivity contribution in [2.45, 2.75) is 46.6 Å². The molecule has 0 spiro atoms. The molecule has 1 aliphatic heterocycles. The SMILES string of the molecule is CCCCc1c(C)nc(N)nc1N1CCN(Cc2ccc(C)cc2)C(=O)C1. The first kappa shape index (κ1) is 19.1. The second-order valence-corrected chi connectivity index (χ2v) is 7.30. The smallest absolute Gasteiger partial charge is 0.242 e. The van der Waals surface area contributed by atoms with Crippen LogP contribution in [0.3, 0.4) is 0 Å². The van der Waals surface area contributed by atoms with Crippen LogP contribution >= 0.6 is 0 Å². The van der Waals surface area contributed by atoms with Crippen LogP contribution in [0.5, 0.6) is 0 Å². The van der Waals surface area contributed by atoms with Gasteiger partial charge in [0.25, 0.3) is 0 Å². The summed E-state index contributed by atoms with van der Waals surface area (Å²) in [6.07, 6.45) is 3.09. The van der Waals surface area contributed by atoms with Crippen LogP contribution < -0.4 is 10.6 Å². The molecule has 0 aliphatic carbocycles. The van der Waals surface area contributed by atoms with Crippen molar-refractivity contribution in [2.75, 3.05) is 30.3 Å². The first-order valence-electron chi connectivity index (χ1n) is 9.69. The maximum absolute atomic E-state index is 12.8. The van der Waals surface area contributed by atoms with E-state index in [0.717, 1.165) is 48.4 Å². The van der Waals surface area contributed by atoms with E-state index in [9.17, 15) is 4.79 Å². The predicted molar refractivity (Wildman–Crippen MR) is 109 cm³/mol. The molecule has 0 unspecified atom stereocenters. The van der Waals surface area contributed by atoms with Gasteiger partial charge < -0.3 is 15.5 Å². The summed E-state index contributed by atoms with van der Waals surface area (Å²) in [6, 6.07) is 8.35. The number of unbranched alkanes of at least 4 members (excludes halogenated alkanes) is 1. The van der Waals surface area contributed by atoms with Crippen molar-refractivity contribution in [1.29, 1.82) is 0 Å². The minimum Gasteiger partial charge on any atom is -0.368 e. The standard InChI is InChI=1S/C21H29N5O/c1-4-5-6-18-16(3)23-21(22)24-20(18)26-12-11-25(19(27)14-26)13-17-9-7-15(2)8-10-17/h7-10H,4-6,11-14H2,1-3H3,(H2,22,23,24). The number of aryl methyl sites for hydroxylation is 2. The van der Waals surface area contributed by atoms with Crippen LogP contribution in [0.2, 0.25) is 0 Å². The van der Waals surface area contributed by atoms with E-state index < -0.39 is 0 Å². The highest BCUT2D eigenvalue weighted by Crippen LogP contribution is 2.25. The Morgan fingerprint density at radius 3 is 2.52 bits per heavy atom. The summed E-state index contributed by atoms with van der Waals surface area (Å²) in [7, 11) is 0. The molecule has 2 aromatic rings. The van der Waals surface area contributed by atoms with Gasteiger partial charge in [0, 0.05) is 30.9 Å². The summed E-state index contributed by atoms with van der Waals surface area (Å²) < 4.78 is 0. The molecule has 6 heteroatoms. The molecule has 1 fully saturated rings. The lowest BCUT2D eigenvalue weighted by atomic mass is 10.1. The lowest BCUT2D eigenvalue weighted by molar-refractivity contribution is -0.131. The minimum atomic E-state index is 0.123. The average molecular weight is 367 g/mol. The zero-order chi connectivity index (χ0) is 19.4. The highest BCUT2D eigenvalue weighted by atomic mass is 16.2. The highest BCUT2D eigenvalue weighted by molar-refractivity contribution is 5.83. The molecule has 0 radical (unpaired) electrons. The number of piperazine rings is 1. The zero-order valence-corrected chi connectivity index (χ0v) is 16.5. The zero-order valence-electron chi connectivity index (χ0n) is 16.5. The van der Waals surface area contributed by atoms with Gasteiger partial charge in [0.15, 0.2) is 0 Å². The van der Waals surface area contributed by atoms with Crippen molar-refractivity contribution in [3.8, 4) is 0 Å². The van der Waals surface area contributed by atoms with E-state index in [4.69, 9.17) is 5.73 Å². The fraction of sp³-hybridized carbons (Fsp3) is 0.476. The van der Waals surface area contributed by atoms with E-state index in [0.29, 0.717) is 19.6 Å². The molecule has 0 bridgehead atoms. The number of nitrogen functional groups attached to an aromatic ring is 1. The Balaban J connectivity index is 1.74. The van der Waals surface area contributed by atoms with E-state index in [2.05, 4.69) is 53.0 Å². The number of hydrogen-bond acceptors (Lipinski definition) is 5. The molecule has 0 saturated carbocycles. The average Bonchev–Trinajstić information content (AvgIpc) is 2.64. The summed E-state index contributed by atoms with van der Waals surface area (Å²) in [5.41, 5.74) is 10.3. The molecule has 1 aromatic heterocycles. The number of anilines is 2. The van der Waals surface area contributed by atoms with Gasteiger partial charge in [-0.2, -0.15) is 4.98 Å². The number of nitrogens with zero attached hydrogens (tertiary/aromatic N) is 4. The van der Waals surface area contributed by atoms with Crippen LogP contribution in [0, 0.1) is 13.8 Å². The fourth-order valence-corrected chi connectivity index (χ4v) is 3.48. The summed E-state index contributed by atoms with van der Waals surface area (Å²) in [6.45, 7) is 8.64. The van der Waals surface area contributed by atoms with E-state index in [1.165, 1.54) is 5.56 Å². The lowest BCUT2D eigenvalue weighted by Crippen LogP contribution is -2.50. The molecular formula is C21H29N5O. The minimum absolute atomic E-state index is 0.123. The Bertz CT molecular complexity index is 803. The van der Waals surface area contributed by atoms with Gasteiger partial charge in [-0.15, -0.1) is 0 Å². The number of hydrogen-bond donors (Lipinski definition) is 1. The number of carbonyl (C=O) groups excluding carboxylic acids is 1. The molecule has 1 aliphatic rings. The quantitative estimate of drug-likeness (QED) is 0.850. The highest BCUT2D eigenvalue weighted by Gasteiger charge is 2.27.